The quantitative estimate of drug-likeness (QED) is 0.874. The Hall–Kier alpha value is -2.50. The minimum atomic E-state index is -0.215. The third kappa shape index (κ3) is 3.64. The average Bonchev–Trinajstić information content (AvgIpc) is 3.18. The van der Waals surface area contributed by atoms with Gasteiger partial charge >= 0.3 is 0 Å². The molecule has 0 saturated carbocycles. The highest BCUT2D eigenvalue weighted by molar-refractivity contribution is 5.78. The van der Waals surface area contributed by atoms with E-state index in [4.69, 9.17) is 4.74 Å². The van der Waals surface area contributed by atoms with Crippen LogP contribution in [0.4, 0.5) is 0 Å². The van der Waals surface area contributed by atoms with Crippen molar-refractivity contribution in [3.63, 3.8) is 0 Å². The van der Waals surface area contributed by atoms with Crippen LogP contribution in [0.2, 0.25) is 0 Å². The van der Waals surface area contributed by atoms with E-state index in [-0.39, 0.29) is 17.9 Å². The van der Waals surface area contributed by atoms with Crippen molar-refractivity contribution >= 4 is 5.91 Å². The first-order valence-electron chi connectivity index (χ1n) is 7.81. The van der Waals surface area contributed by atoms with Gasteiger partial charge in [0.15, 0.2) is 0 Å². The van der Waals surface area contributed by atoms with Crippen molar-refractivity contribution in [1.29, 1.82) is 0 Å². The van der Waals surface area contributed by atoms with Crippen LogP contribution >= 0.6 is 0 Å². The largest absolute Gasteiger partial charge is 0.497 e. The van der Waals surface area contributed by atoms with Gasteiger partial charge in [0.1, 0.15) is 5.75 Å². The van der Waals surface area contributed by atoms with Gasteiger partial charge in [0, 0.05) is 24.8 Å². The molecule has 1 fully saturated rings. The molecule has 0 aliphatic carbocycles. The Balaban J connectivity index is 1.54. The first kappa shape index (κ1) is 15.4. The number of hydrogen-bond donors (Lipinski definition) is 2. The van der Waals surface area contributed by atoms with Gasteiger partial charge < -0.3 is 14.7 Å². The van der Waals surface area contributed by atoms with Gasteiger partial charge in [-0.15, -0.1) is 0 Å². The molecule has 1 aromatic carbocycles. The molecular formula is C17H21N3O3. The van der Waals surface area contributed by atoms with Crippen molar-refractivity contribution in [2.75, 3.05) is 20.2 Å². The van der Waals surface area contributed by atoms with Crippen molar-refractivity contribution in [3.8, 4) is 5.75 Å². The Bertz CT molecular complexity index is 717. The summed E-state index contributed by atoms with van der Waals surface area (Å²) in [6.07, 6.45) is 3.68. The molecule has 1 unspecified atom stereocenters. The first-order valence-corrected chi connectivity index (χ1v) is 7.81. The fourth-order valence-electron chi connectivity index (χ4n) is 3.06. The van der Waals surface area contributed by atoms with E-state index in [1.54, 1.807) is 13.3 Å². The molecule has 23 heavy (non-hydrogen) atoms. The van der Waals surface area contributed by atoms with Gasteiger partial charge in [-0.05, 0) is 36.5 Å². The number of hydrogen-bond acceptors (Lipinski definition) is 3. The van der Waals surface area contributed by atoms with Gasteiger partial charge in [-0.1, -0.05) is 12.1 Å². The summed E-state index contributed by atoms with van der Waals surface area (Å²) in [6, 6.07) is 8.07. The molecule has 0 bridgehead atoms. The number of ether oxygens (including phenoxy) is 1. The van der Waals surface area contributed by atoms with E-state index in [1.165, 1.54) is 5.56 Å². The monoisotopic (exact) mass is 315 g/mol. The van der Waals surface area contributed by atoms with E-state index in [1.807, 2.05) is 17.0 Å². The van der Waals surface area contributed by atoms with Crippen molar-refractivity contribution in [3.05, 3.63) is 51.9 Å². The number of carbonyl (C=O) groups excluding carboxylic acids is 1. The van der Waals surface area contributed by atoms with Crippen molar-refractivity contribution in [1.82, 2.24) is 15.1 Å². The third-order valence-corrected chi connectivity index (χ3v) is 4.39. The molecule has 1 amide bonds. The number of aromatic nitrogens is 2. The number of carbonyl (C=O) groups is 1. The number of amides is 1. The number of likely N-dealkylation sites (tertiary alicyclic amines) is 1. The molecule has 1 atom stereocenters. The van der Waals surface area contributed by atoms with Gasteiger partial charge in [-0.2, -0.15) is 0 Å². The molecule has 1 aliphatic rings. The fourth-order valence-corrected chi connectivity index (χ4v) is 3.06. The summed E-state index contributed by atoms with van der Waals surface area (Å²) >= 11 is 0. The number of rotatable bonds is 5. The number of nitrogens with zero attached hydrogens (tertiary/aromatic N) is 1. The molecule has 2 heterocycles. The highest BCUT2D eigenvalue weighted by Gasteiger charge is 2.26. The van der Waals surface area contributed by atoms with Gasteiger partial charge in [0.2, 0.25) is 5.91 Å². The molecular weight excluding hydrogens is 294 g/mol. The van der Waals surface area contributed by atoms with Crippen LogP contribution in [-0.2, 0) is 17.6 Å². The maximum absolute atomic E-state index is 12.3. The predicted molar refractivity (Wildman–Crippen MR) is 86.5 cm³/mol. The lowest BCUT2D eigenvalue weighted by Gasteiger charge is -2.16. The minimum Gasteiger partial charge on any atom is -0.497 e. The van der Waals surface area contributed by atoms with Crippen LogP contribution in [0.15, 0.2) is 35.3 Å². The van der Waals surface area contributed by atoms with Gasteiger partial charge in [-0.25, -0.2) is 0 Å². The summed E-state index contributed by atoms with van der Waals surface area (Å²) < 4.78 is 5.16. The topological polar surface area (TPSA) is 78.2 Å². The highest BCUT2D eigenvalue weighted by atomic mass is 16.5. The Morgan fingerprint density at radius 2 is 2.13 bits per heavy atom. The molecule has 122 valence electrons. The normalized spacial score (nSPS) is 17.4. The van der Waals surface area contributed by atoms with Gasteiger partial charge in [0.05, 0.1) is 13.5 Å². The Morgan fingerprint density at radius 3 is 2.78 bits per heavy atom. The molecule has 0 radical (unpaired) electrons. The van der Waals surface area contributed by atoms with Crippen LogP contribution in [0, 0.1) is 5.92 Å². The van der Waals surface area contributed by atoms with Crippen LogP contribution in [0.25, 0.3) is 0 Å². The minimum absolute atomic E-state index is 0.0207. The molecule has 1 saturated heterocycles. The molecule has 1 aromatic heterocycles. The maximum Gasteiger partial charge on any atom is 0.267 e. The predicted octanol–water partition coefficient (Wildman–Crippen LogP) is 1.35. The second-order valence-corrected chi connectivity index (χ2v) is 5.99. The summed E-state index contributed by atoms with van der Waals surface area (Å²) in [4.78, 5) is 25.6. The molecule has 2 aromatic rings. The summed E-state index contributed by atoms with van der Waals surface area (Å²) in [5.74, 6) is 1.35. The maximum atomic E-state index is 12.3. The van der Waals surface area contributed by atoms with E-state index in [0.29, 0.717) is 11.5 Å². The van der Waals surface area contributed by atoms with E-state index in [2.05, 4.69) is 22.3 Å². The van der Waals surface area contributed by atoms with Crippen LogP contribution < -0.4 is 10.3 Å². The summed E-state index contributed by atoms with van der Waals surface area (Å²) in [5.41, 5.74) is 1.54. The number of nitrogens with one attached hydrogen (secondary N) is 2. The standard InChI is InChI=1S/C17H21N3O3/c1-23-15-4-2-12(3-5-15)8-13-6-7-20(11-13)16(21)9-14-10-18-19-17(14)22/h2-5,10,13H,6-9,11H2,1H3,(H2,18,19,22). The lowest BCUT2D eigenvalue weighted by atomic mass is 9.99. The second kappa shape index (κ2) is 6.73. The van der Waals surface area contributed by atoms with E-state index in [9.17, 15) is 9.59 Å². The summed E-state index contributed by atoms with van der Waals surface area (Å²) in [7, 11) is 1.66. The Morgan fingerprint density at radius 1 is 1.35 bits per heavy atom. The number of aromatic amines is 2. The molecule has 1 aliphatic heterocycles. The molecule has 3 rings (SSSR count). The second-order valence-electron chi connectivity index (χ2n) is 5.99. The first-order chi connectivity index (χ1) is 11.2. The van der Waals surface area contributed by atoms with Crippen LogP contribution in [-0.4, -0.2) is 41.2 Å². The van der Waals surface area contributed by atoms with Crippen LogP contribution in [0.5, 0.6) is 5.75 Å². The Labute approximate surface area is 134 Å². The molecule has 2 N–H and O–H groups in total. The van der Waals surface area contributed by atoms with Gasteiger partial charge in [0.25, 0.3) is 5.56 Å². The zero-order valence-electron chi connectivity index (χ0n) is 13.2. The number of H-pyrrole nitrogens is 2. The van der Waals surface area contributed by atoms with E-state index in [0.717, 1.165) is 31.7 Å². The summed E-state index contributed by atoms with van der Waals surface area (Å²) in [6.45, 7) is 1.52. The Kier molecular flexibility index (Phi) is 4.50. The SMILES string of the molecule is COc1ccc(CC2CCN(C(=O)Cc3c[nH][nH]c3=O)C2)cc1. The average molecular weight is 315 g/mol. The van der Waals surface area contributed by atoms with Crippen molar-refractivity contribution in [2.24, 2.45) is 5.92 Å². The highest BCUT2D eigenvalue weighted by Crippen LogP contribution is 2.22. The number of methoxy groups -OCH3 is 1. The third-order valence-electron chi connectivity index (χ3n) is 4.39. The lowest BCUT2D eigenvalue weighted by molar-refractivity contribution is -0.129. The number of benzene rings is 1. The fraction of sp³-hybridized carbons (Fsp3) is 0.412. The van der Waals surface area contributed by atoms with Crippen molar-refractivity contribution < 1.29 is 9.53 Å². The molecule has 6 nitrogen and oxygen atoms in total. The van der Waals surface area contributed by atoms with Crippen LogP contribution in [0.1, 0.15) is 17.5 Å². The lowest BCUT2D eigenvalue weighted by Crippen LogP contribution is -2.31. The van der Waals surface area contributed by atoms with Crippen molar-refractivity contribution in [2.45, 2.75) is 19.3 Å². The van der Waals surface area contributed by atoms with Crippen LogP contribution in [0.3, 0.4) is 0 Å². The van der Waals surface area contributed by atoms with Gasteiger partial charge in [-0.3, -0.25) is 14.7 Å². The zero-order valence-corrected chi connectivity index (χ0v) is 13.2. The van der Waals surface area contributed by atoms with E-state index >= 15 is 0 Å². The van der Waals surface area contributed by atoms with E-state index < -0.39 is 0 Å². The molecule has 0 spiro atoms. The molecule has 6 heteroatoms. The zero-order chi connectivity index (χ0) is 16.2. The smallest absolute Gasteiger partial charge is 0.267 e. The summed E-state index contributed by atoms with van der Waals surface area (Å²) in [5, 5.41) is 5.08.